The molecule has 2 aromatic rings. The number of thioether (sulfide) groups is 1. The summed E-state index contributed by atoms with van der Waals surface area (Å²) in [5.41, 5.74) is 1.68. The summed E-state index contributed by atoms with van der Waals surface area (Å²) in [5.74, 6) is 2.06. The summed E-state index contributed by atoms with van der Waals surface area (Å²) in [7, 11) is 1.60. The van der Waals surface area contributed by atoms with Gasteiger partial charge in [-0.2, -0.15) is 0 Å². The number of carbonyl (C=O) groups is 1. The van der Waals surface area contributed by atoms with Crippen molar-refractivity contribution in [3.63, 3.8) is 0 Å². The van der Waals surface area contributed by atoms with Gasteiger partial charge in [-0.05, 0) is 48.0 Å². The van der Waals surface area contributed by atoms with Crippen LogP contribution in [0.1, 0.15) is 5.56 Å². The fourth-order valence-corrected chi connectivity index (χ4v) is 3.95. The minimum absolute atomic E-state index is 0.134. The second-order valence-corrected chi connectivity index (χ2v) is 7.39. The van der Waals surface area contributed by atoms with Crippen molar-refractivity contribution in [1.82, 2.24) is 0 Å². The van der Waals surface area contributed by atoms with Gasteiger partial charge in [-0.25, -0.2) is 0 Å². The quantitative estimate of drug-likeness (QED) is 0.563. The molecule has 2 heterocycles. The molecule has 1 fully saturated rings. The molecule has 1 amide bonds. The Hall–Kier alpha value is -2.77. The molecule has 0 unspecified atom stereocenters. The Kier molecular flexibility index (Phi) is 4.87. The lowest BCUT2D eigenvalue weighted by molar-refractivity contribution is -0.113. The van der Waals surface area contributed by atoms with Gasteiger partial charge in [0.05, 0.1) is 17.7 Å². The Morgan fingerprint density at radius 3 is 2.70 bits per heavy atom. The highest BCUT2D eigenvalue weighted by Gasteiger charge is 2.32. The van der Waals surface area contributed by atoms with E-state index in [1.807, 2.05) is 42.5 Å². The number of allylic oxidation sites excluding steroid dienone is 2. The van der Waals surface area contributed by atoms with Crippen LogP contribution in [0.4, 0.5) is 5.69 Å². The van der Waals surface area contributed by atoms with Gasteiger partial charge in [-0.15, -0.1) is 0 Å². The number of thiocarbonyl (C=S) groups is 1. The zero-order chi connectivity index (χ0) is 18.8. The third kappa shape index (κ3) is 3.56. The summed E-state index contributed by atoms with van der Waals surface area (Å²) in [4.78, 5) is 14.8. The summed E-state index contributed by atoms with van der Waals surface area (Å²) in [6, 6.07) is 12.9. The predicted molar refractivity (Wildman–Crippen MR) is 110 cm³/mol. The molecular formula is C20H15NO4S2. The summed E-state index contributed by atoms with van der Waals surface area (Å²) < 4.78 is 16.3. The average molecular weight is 397 g/mol. The molecule has 136 valence electrons. The van der Waals surface area contributed by atoms with Crippen LogP contribution in [0, 0.1) is 0 Å². The number of hydrogen-bond donors (Lipinski definition) is 0. The van der Waals surface area contributed by atoms with Crippen LogP contribution in [0.15, 0.2) is 59.5 Å². The molecule has 2 aliphatic rings. The van der Waals surface area contributed by atoms with Crippen molar-refractivity contribution in [3.8, 4) is 17.2 Å². The van der Waals surface area contributed by atoms with Crippen LogP contribution in [0.5, 0.6) is 17.2 Å². The first-order valence-corrected chi connectivity index (χ1v) is 9.36. The van der Waals surface area contributed by atoms with Crippen molar-refractivity contribution in [2.24, 2.45) is 0 Å². The second kappa shape index (κ2) is 7.46. The zero-order valence-corrected chi connectivity index (χ0v) is 16.0. The molecule has 0 bridgehead atoms. The van der Waals surface area contributed by atoms with Crippen LogP contribution >= 0.6 is 24.0 Å². The monoisotopic (exact) mass is 397 g/mol. The molecule has 2 aromatic carbocycles. The van der Waals surface area contributed by atoms with Crippen LogP contribution in [0.25, 0.3) is 6.08 Å². The molecule has 0 N–H and O–H groups in total. The molecule has 7 heteroatoms. The summed E-state index contributed by atoms with van der Waals surface area (Å²) in [6.07, 6.45) is 5.51. The lowest BCUT2D eigenvalue weighted by atomic mass is 10.2. The fraction of sp³-hybridized carbons (Fsp3) is 0.100. The van der Waals surface area contributed by atoms with Gasteiger partial charge in [0.2, 0.25) is 6.79 Å². The number of hydrogen-bond acceptors (Lipinski definition) is 6. The lowest BCUT2D eigenvalue weighted by Crippen LogP contribution is -2.27. The predicted octanol–water partition coefficient (Wildman–Crippen LogP) is 4.39. The SMILES string of the molecule is COc1ccc(N2C(=O)/C(=C\C=C\c3ccc4c(c3)OCO4)SC2=S)cc1. The van der Waals surface area contributed by atoms with Gasteiger partial charge in [0.15, 0.2) is 15.8 Å². The maximum atomic E-state index is 12.7. The number of benzene rings is 2. The van der Waals surface area contributed by atoms with Crippen LogP contribution in [0.3, 0.4) is 0 Å². The van der Waals surface area contributed by atoms with Crippen LogP contribution in [-0.2, 0) is 4.79 Å². The molecule has 27 heavy (non-hydrogen) atoms. The number of anilines is 1. The van der Waals surface area contributed by atoms with Crippen LogP contribution < -0.4 is 19.1 Å². The highest BCUT2D eigenvalue weighted by atomic mass is 32.2. The third-order valence-corrected chi connectivity index (χ3v) is 5.38. The Bertz CT molecular complexity index is 966. The van der Waals surface area contributed by atoms with E-state index in [0.29, 0.717) is 9.23 Å². The minimum Gasteiger partial charge on any atom is -0.497 e. The average Bonchev–Trinajstić information content (AvgIpc) is 3.26. The number of amides is 1. The fourth-order valence-electron chi connectivity index (χ4n) is 2.70. The normalized spacial score (nSPS) is 17.4. The van der Waals surface area contributed by atoms with Gasteiger partial charge < -0.3 is 14.2 Å². The number of carbonyl (C=O) groups excluding carboxylic acids is 1. The number of rotatable bonds is 4. The zero-order valence-electron chi connectivity index (χ0n) is 14.4. The minimum atomic E-state index is -0.134. The highest BCUT2D eigenvalue weighted by molar-refractivity contribution is 8.27. The van der Waals surface area contributed by atoms with Gasteiger partial charge >= 0.3 is 0 Å². The Morgan fingerprint density at radius 1 is 1.15 bits per heavy atom. The van der Waals surface area contributed by atoms with E-state index in [-0.39, 0.29) is 12.7 Å². The number of ether oxygens (including phenoxy) is 3. The molecule has 0 radical (unpaired) electrons. The molecule has 4 rings (SSSR count). The molecule has 0 saturated carbocycles. The van der Waals surface area contributed by atoms with Gasteiger partial charge in [-0.1, -0.05) is 42.2 Å². The van der Waals surface area contributed by atoms with E-state index in [2.05, 4.69) is 0 Å². The van der Waals surface area contributed by atoms with Gasteiger partial charge in [0.25, 0.3) is 5.91 Å². The van der Waals surface area contributed by atoms with Gasteiger partial charge in [-0.3, -0.25) is 9.69 Å². The van der Waals surface area contributed by atoms with Crippen molar-refractivity contribution in [3.05, 3.63) is 65.1 Å². The maximum Gasteiger partial charge on any atom is 0.270 e. The highest BCUT2D eigenvalue weighted by Crippen LogP contribution is 2.36. The largest absolute Gasteiger partial charge is 0.497 e. The van der Waals surface area contributed by atoms with Crippen molar-refractivity contribution >= 4 is 46.0 Å². The van der Waals surface area contributed by atoms with Crippen LogP contribution in [-0.4, -0.2) is 24.1 Å². The molecule has 0 aromatic heterocycles. The molecular weight excluding hydrogens is 382 g/mol. The molecule has 0 spiro atoms. The van der Waals surface area contributed by atoms with E-state index in [1.165, 1.54) is 16.7 Å². The molecule has 0 atom stereocenters. The number of fused-ring (bicyclic) bond motifs is 1. The van der Waals surface area contributed by atoms with Crippen LogP contribution in [0.2, 0.25) is 0 Å². The summed E-state index contributed by atoms with van der Waals surface area (Å²) in [6.45, 7) is 0.246. The van der Waals surface area contributed by atoms with Crippen molar-refractivity contribution in [2.75, 3.05) is 18.8 Å². The Morgan fingerprint density at radius 2 is 1.93 bits per heavy atom. The van der Waals surface area contributed by atoms with Crippen molar-refractivity contribution in [2.45, 2.75) is 0 Å². The maximum absolute atomic E-state index is 12.7. The van der Waals surface area contributed by atoms with Gasteiger partial charge in [0, 0.05) is 0 Å². The van der Waals surface area contributed by atoms with Crippen molar-refractivity contribution in [1.29, 1.82) is 0 Å². The Labute approximate surface area is 166 Å². The molecule has 5 nitrogen and oxygen atoms in total. The van der Waals surface area contributed by atoms with Gasteiger partial charge in [0.1, 0.15) is 5.75 Å². The van der Waals surface area contributed by atoms with E-state index >= 15 is 0 Å². The number of nitrogens with zero attached hydrogens (tertiary/aromatic N) is 1. The molecule has 1 saturated heterocycles. The van der Waals surface area contributed by atoms with Crippen molar-refractivity contribution < 1.29 is 19.0 Å². The first-order chi connectivity index (χ1) is 13.2. The molecule has 2 aliphatic heterocycles. The Balaban J connectivity index is 1.50. The second-order valence-electron chi connectivity index (χ2n) is 5.71. The first-order valence-electron chi connectivity index (χ1n) is 8.14. The van der Waals surface area contributed by atoms with E-state index in [4.69, 9.17) is 26.4 Å². The topological polar surface area (TPSA) is 48.0 Å². The first kappa shape index (κ1) is 17.6. The summed E-state index contributed by atoms with van der Waals surface area (Å²) >= 11 is 6.66. The van der Waals surface area contributed by atoms with E-state index < -0.39 is 0 Å². The molecule has 0 aliphatic carbocycles. The standard InChI is InChI=1S/C20H15NO4S2/c1-23-15-8-6-14(7-9-15)21-19(22)18(27-20(21)26)4-2-3-13-5-10-16-17(11-13)25-12-24-16/h2-11H,12H2,1H3/b3-2+,18-4+. The number of methoxy groups -OCH3 is 1. The summed E-state index contributed by atoms with van der Waals surface area (Å²) in [5, 5.41) is 0. The van der Waals surface area contributed by atoms with E-state index in [0.717, 1.165) is 28.5 Å². The third-order valence-electron chi connectivity index (χ3n) is 4.06. The lowest BCUT2D eigenvalue weighted by Gasteiger charge is -2.14. The smallest absolute Gasteiger partial charge is 0.270 e. The van der Waals surface area contributed by atoms with E-state index in [1.54, 1.807) is 25.3 Å². The van der Waals surface area contributed by atoms with E-state index in [9.17, 15) is 4.79 Å².